The Morgan fingerprint density at radius 3 is 2.21 bits per heavy atom. The fourth-order valence-corrected chi connectivity index (χ4v) is 4.67. The second-order valence-corrected chi connectivity index (χ2v) is 8.79. The quantitative estimate of drug-likeness (QED) is 0.321. The number of aliphatic hydroxyl groups excluding tert-OH is 3. The van der Waals surface area contributed by atoms with Gasteiger partial charge in [0.2, 0.25) is 0 Å². The molecule has 3 aromatic rings. The first kappa shape index (κ1) is 28.2. The Morgan fingerprint density at radius 1 is 0.897 bits per heavy atom. The average Bonchev–Trinajstić information content (AvgIpc) is 2.94. The van der Waals surface area contributed by atoms with Crippen LogP contribution in [0.1, 0.15) is 18.6 Å². The maximum Gasteiger partial charge on any atom is 0.251 e. The van der Waals surface area contributed by atoms with Gasteiger partial charge in [0.05, 0.1) is 34.0 Å². The monoisotopic (exact) mass is 545 g/mol. The topological polar surface area (TPSA) is 166 Å². The number of amides is 1. The second kappa shape index (κ2) is 11.5. The number of methoxy groups -OCH3 is 4. The Kier molecular flexibility index (Phi) is 8.31. The predicted octanol–water partition coefficient (Wildman–Crippen LogP) is 1.15. The van der Waals surface area contributed by atoms with Crippen LogP contribution < -0.4 is 29.7 Å². The van der Waals surface area contributed by atoms with E-state index in [0.29, 0.717) is 17.1 Å². The van der Waals surface area contributed by atoms with Crippen molar-refractivity contribution < 1.29 is 48.2 Å². The van der Waals surface area contributed by atoms with Crippen LogP contribution >= 0.6 is 0 Å². The Labute approximate surface area is 223 Å². The number of nitrogens with one attached hydrogen (secondary N) is 1. The molecule has 210 valence electrons. The maximum atomic E-state index is 13.4. The molecule has 1 saturated heterocycles. The first-order chi connectivity index (χ1) is 18.7. The lowest BCUT2D eigenvalue weighted by molar-refractivity contribution is -0.223. The Balaban J connectivity index is 1.89. The number of ether oxygens (including phenoxy) is 5. The fraction of sp³-hybridized carbons (Fsp3) is 0.407. The molecule has 4 rings (SSSR count). The largest absolute Gasteiger partial charge is 0.496 e. The van der Waals surface area contributed by atoms with E-state index in [-0.39, 0.29) is 40.3 Å². The van der Waals surface area contributed by atoms with Gasteiger partial charge in [-0.3, -0.25) is 9.59 Å². The molecule has 39 heavy (non-hydrogen) atoms. The van der Waals surface area contributed by atoms with Crippen LogP contribution in [0.25, 0.3) is 22.3 Å². The molecule has 0 radical (unpaired) electrons. The molecule has 1 amide bonds. The van der Waals surface area contributed by atoms with Crippen LogP contribution in [-0.2, 0) is 9.53 Å². The van der Waals surface area contributed by atoms with E-state index in [2.05, 4.69) is 5.32 Å². The Bertz CT molecular complexity index is 1420. The van der Waals surface area contributed by atoms with Crippen molar-refractivity contribution in [3.05, 3.63) is 46.1 Å². The summed E-state index contributed by atoms with van der Waals surface area (Å²) in [7, 11) is 5.65. The third-order valence-electron chi connectivity index (χ3n) is 6.57. The van der Waals surface area contributed by atoms with Crippen molar-refractivity contribution in [2.45, 2.75) is 37.4 Å². The highest BCUT2D eigenvalue weighted by Crippen LogP contribution is 2.45. The van der Waals surface area contributed by atoms with E-state index in [1.807, 2.05) is 0 Å². The number of carbonyl (C=O) groups excluding carboxylic acids is 1. The summed E-state index contributed by atoms with van der Waals surface area (Å²) in [6, 6.07) is 7.74. The zero-order valence-corrected chi connectivity index (χ0v) is 22.1. The molecule has 2 aromatic carbocycles. The molecule has 12 heteroatoms. The molecule has 4 N–H and O–H groups in total. The summed E-state index contributed by atoms with van der Waals surface area (Å²) in [4.78, 5) is 26.0. The minimum Gasteiger partial charge on any atom is -0.496 e. The van der Waals surface area contributed by atoms with E-state index in [1.54, 1.807) is 25.1 Å². The normalized spacial score (nSPS) is 22.8. The fourth-order valence-electron chi connectivity index (χ4n) is 4.67. The molecule has 0 bridgehead atoms. The summed E-state index contributed by atoms with van der Waals surface area (Å²) >= 11 is 0. The molecule has 12 nitrogen and oxygen atoms in total. The predicted molar refractivity (Wildman–Crippen MR) is 138 cm³/mol. The third kappa shape index (κ3) is 4.99. The summed E-state index contributed by atoms with van der Waals surface area (Å²) in [5.74, 6) is 0.539. The van der Waals surface area contributed by atoms with E-state index < -0.39 is 41.9 Å². The second-order valence-electron chi connectivity index (χ2n) is 8.79. The van der Waals surface area contributed by atoms with E-state index in [1.165, 1.54) is 40.6 Å². The van der Waals surface area contributed by atoms with Gasteiger partial charge in [0, 0.05) is 24.2 Å². The molecule has 1 aliphatic rings. The molecule has 0 saturated carbocycles. The highest BCUT2D eigenvalue weighted by molar-refractivity contribution is 5.89. The van der Waals surface area contributed by atoms with Crippen molar-refractivity contribution >= 4 is 16.9 Å². The minimum absolute atomic E-state index is 0.0171. The van der Waals surface area contributed by atoms with Crippen LogP contribution in [0.4, 0.5) is 0 Å². The lowest BCUT2D eigenvalue weighted by atomic mass is 9.89. The van der Waals surface area contributed by atoms with Crippen LogP contribution in [0.3, 0.4) is 0 Å². The molecular weight excluding hydrogens is 514 g/mol. The van der Waals surface area contributed by atoms with Gasteiger partial charge < -0.3 is 48.7 Å². The van der Waals surface area contributed by atoms with Gasteiger partial charge in [0.15, 0.2) is 23.0 Å². The van der Waals surface area contributed by atoms with Crippen LogP contribution in [0.5, 0.6) is 23.0 Å². The highest BCUT2D eigenvalue weighted by Gasteiger charge is 2.49. The molecule has 5 unspecified atom stereocenters. The standard InChI is InChI=1S/C27H31NO11/c1-6-28-27(33)26-23(32)21(30)22(31)25(39-26)20-17(36-4)11-18-19(24(20)37-5)13(29)10-15(38-18)12-7-8-14(34-2)16(9-12)35-3/h7-11,21-23,25-26,30-32H,6H2,1-5H3,(H,28,33). The smallest absolute Gasteiger partial charge is 0.251 e. The van der Waals surface area contributed by atoms with Crippen LogP contribution in [0.15, 0.2) is 39.5 Å². The molecule has 1 fully saturated rings. The Morgan fingerprint density at radius 2 is 1.59 bits per heavy atom. The SMILES string of the molecule is CCNC(=O)C1OC(c2c(OC)cc3oc(-c4ccc(OC)c(OC)c4)cc(=O)c3c2OC)C(O)C(O)C1O. The summed E-state index contributed by atoms with van der Waals surface area (Å²) in [6.45, 7) is 1.93. The van der Waals surface area contributed by atoms with E-state index >= 15 is 0 Å². The summed E-state index contributed by atoms with van der Waals surface area (Å²) in [6.07, 6.45) is -8.05. The van der Waals surface area contributed by atoms with Gasteiger partial charge in [-0.1, -0.05) is 0 Å². The van der Waals surface area contributed by atoms with Crippen molar-refractivity contribution in [2.24, 2.45) is 0 Å². The van der Waals surface area contributed by atoms with Crippen molar-refractivity contribution in [1.82, 2.24) is 5.32 Å². The molecule has 1 aromatic heterocycles. The summed E-state index contributed by atoms with van der Waals surface area (Å²) in [5, 5.41) is 34.4. The van der Waals surface area contributed by atoms with E-state index in [0.717, 1.165) is 0 Å². The van der Waals surface area contributed by atoms with Gasteiger partial charge in [0.25, 0.3) is 5.91 Å². The van der Waals surface area contributed by atoms with Crippen molar-refractivity contribution in [3.8, 4) is 34.3 Å². The zero-order chi connectivity index (χ0) is 28.4. The number of rotatable bonds is 8. The van der Waals surface area contributed by atoms with Crippen LogP contribution in [0, 0.1) is 0 Å². The van der Waals surface area contributed by atoms with Gasteiger partial charge in [-0.25, -0.2) is 0 Å². The van der Waals surface area contributed by atoms with Crippen molar-refractivity contribution in [3.63, 3.8) is 0 Å². The van der Waals surface area contributed by atoms with E-state index in [4.69, 9.17) is 28.1 Å². The number of likely N-dealkylation sites (N-methyl/N-ethyl adjacent to an activating group) is 1. The average molecular weight is 546 g/mol. The van der Waals surface area contributed by atoms with Crippen molar-refractivity contribution in [2.75, 3.05) is 35.0 Å². The first-order valence-corrected chi connectivity index (χ1v) is 12.1. The van der Waals surface area contributed by atoms with Crippen molar-refractivity contribution in [1.29, 1.82) is 0 Å². The minimum atomic E-state index is -1.75. The maximum absolute atomic E-state index is 13.4. The van der Waals surface area contributed by atoms with Crippen LogP contribution in [-0.4, -0.2) is 80.6 Å². The molecule has 2 heterocycles. The van der Waals surface area contributed by atoms with E-state index in [9.17, 15) is 24.9 Å². The molecule has 1 aliphatic heterocycles. The Hall–Kier alpha value is -3.84. The highest BCUT2D eigenvalue weighted by atomic mass is 16.5. The number of carbonyl (C=O) groups is 1. The number of benzene rings is 2. The van der Waals surface area contributed by atoms with Gasteiger partial charge in [-0.2, -0.15) is 0 Å². The van der Waals surface area contributed by atoms with Crippen LogP contribution in [0.2, 0.25) is 0 Å². The molecular formula is C27H31NO11. The number of hydrogen-bond donors (Lipinski definition) is 4. The lowest BCUT2D eigenvalue weighted by Crippen LogP contribution is -2.58. The first-order valence-electron chi connectivity index (χ1n) is 12.1. The van der Waals surface area contributed by atoms with Gasteiger partial charge in [-0.05, 0) is 25.1 Å². The zero-order valence-electron chi connectivity index (χ0n) is 22.1. The molecule has 0 aliphatic carbocycles. The van der Waals surface area contributed by atoms with Gasteiger partial charge in [-0.15, -0.1) is 0 Å². The summed E-state index contributed by atoms with van der Waals surface area (Å²) in [5.41, 5.74) is 0.233. The van der Waals surface area contributed by atoms with Gasteiger partial charge in [0.1, 0.15) is 52.6 Å². The summed E-state index contributed by atoms with van der Waals surface area (Å²) < 4.78 is 33.6. The third-order valence-corrected chi connectivity index (χ3v) is 6.57. The number of hydrogen-bond acceptors (Lipinski definition) is 11. The number of aliphatic hydroxyl groups is 3. The lowest BCUT2D eigenvalue weighted by Gasteiger charge is -2.40. The van der Waals surface area contributed by atoms with Gasteiger partial charge >= 0.3 is 0 Å². The molecule has 0 spiro atoms. The number of fused-ring (bicyclic) bond motifs is 1. The molecule has 5 atom stereocenters.